The summed E-state index contributed by atoms with van der Waals surface area (Å²) in [6.07, 6.45) is 1.82. The standard InChI is InChI=1S/C13H12BrN3S2/c1-17-12(10-6-8(14)7-19-10)11(16-13(17)18)9-4-2-3-5-15-9/h2-7,11-12H,1H3,(H,16,18)/t11-,12-/m0/s1. The van der Waals surface area contributed by atoms with Gasteiger partial charge >= 0.3 is 0 Å². The van der Waals surface area contributed by atoms with E-state index in [2.05, 4.69) is 42.6 Å². The minimum atomic E-state index is 0.101. The molecule has 3 rings (SSSR count). The molecule has 0 radical (unpaired) electrons. The van der Waals surface area contributed by atoms with Gasteiger partial charge < -0.3 is 10.2 Å². The lowest BCUT2D eigenvalue weighted by atomic mass is 10.0. The number of hydrogen-bond donors (Lipinski definition) is 1. The maximum atomic E-state index is 5.38. The first-order valence-electron chi connectivity index (χ1n) is 5.85. The lowest BCUT2D eigenvalue weighted by Gasteiger charge is -2.22. The zero-order valence-corrected chi connectivity index (χ0v) is 13.4. The molecule has 2 aromatic rings. The van der Waals surface area contributed by atoms with Crippen LogP contribution in [0.4, 0.5) is 0 Å². The molecule has 0 unspecified atom stereocenters. The van der Waals surface area contributed by atoms with Crippen molar-refractivity contribution in [3.8, 4) is 0 Å². The van der Waals surface area contributed by atoms with Crippen LogP contribution in [-0.4, -0.2) is 22.0 Å². The summed E-state index contributed by atoms with van der Waals surface area (Å²) < 4.78 is 1.11. The fourth-order valence-corrected chi connectivity index (χ4v) is 4.16. The summed E-state index contributed by atoms with van der Waals surface area (Å²) in [4.78, 5) is 7.84. The Kier molecular flexibility index (Phi) is 3.56. The third-order valence-electron chi connectivity index (χ3n) is 3.22. The first kappa shape index (κ1) is 13.0. The van der Waals surface area contributed by atoms with E-state index in [9.17, 15) is 0 Å². The van der Waals surface area contributed by atoms with E-state index in [4.69, 9.17) is 12.2 Å². The summed E-state index contributed by atoms with van der Waals surface area (Å²) in [7, 11) is 2.02. The molecule has 19 heavy (non-hydrogen) atoms. The molecule has 6 heteroatoms. The number of thiophene rings is 1. The molecule has 0 spiro atoms. The fraction of sp³-hybridized carbons (Fsp3) is 0.231. The van der Waals surface area contributed by atoms with E-state index in [1.165, 1.54) is 4.88 Å². The fourth-order valence-electron chi connectivity index (χ4n) is 2.30. The van der Waals surface area contributed by atoms with Crippen LogP contribution in [0.25, 0.3) is 0 Å². The van der Waals surface area contributed by atoms with Gasteiger partial charge in [0.05, 0.1) is 17.8 Å². The van der Waals surface area contributed by atoms with Gasteiger partial charge in [0.1, 0.15) is 0 Å². The number of nitrogens with zero attached hydrogens (tertiary/aromatic N) is 2. The van der Waals surface area contributed by atoms with E-state index in [1.807, 2.05) is 31.4 Å². The van der Waals surface area contributed by atoms with Crippen LogP contribution in [0.15, 0.2) is 40.3 Å². The zero-order valence-electron chi connectivity index (χ0n) is 10.2. The number of aromatic nitrogens is 1. The van der Waals surface area contributed by atoms with Crippen molar-refractivity contribution in [1.29, 1.82) is 0 Å². The Bertz CT molecular complexity index is 599. The molecule has 1 aliphatic heterocycles. The van der Waals surface area contributed by atoms with Gasteiger partial charge in [0.25, 0.3) is 0 Å². The first-order chi connectivity index (χ1) is 9.16. The highest BCUT2D eigenvalue weighted by Crippen LogP contribution is 2.40. The molecule has 98 valence electrons. The normalized spacial score (nSPS) is 22.6. The molecule has 3 heterocycles. The van der Waals surface area contributed by atoms with Crippen molar-refractivity contribution in [2.24, 2.45) is 0 Å². The van der Waals surface area contributed by atoms with Crippen LogP contribution >= 0.6 is 39.5 Å². The molecule has 1 fully saturated rings. The average Bonchev–Trinajstić information content (AvgIpc) is 2.96. The van der Waals surface area contributed by atoms with Crippen LogP contribution in [0.5, 0.6) is 0 Å². The smallest absolute Gasteiger partial charge is 0.169 e. The average molecular weight is 354 g/mol. The summed E-state index contributed by atoms with van der Waals surface area (Å²) in [5, 5.41) is 6.23. The second-order valence-electron chi connectivity index (χ2n) is 4.40. The number of hydrogen-bond acceptors (Lipinski definition) is 3. The summed E-state index contributed by atoms with van der Waals surface area (Å²) >= 11 is 10.6. The number of thiocarbonyl (C=S) groups is 1. The molecular weight excluding hydrogens is 342 g/mol. The van der Waals surface area contributed by atoms with Crippen LogP contribution in [0.2, 0.25) is 0 Å². The molecule has 2 atom stereocenters. The Morgan fingerprint density at radius 1 is 1.47 bits per heavy atom. The van der Waals surface area contributed by atoms with Crippen LogP contribution in [0, 0.1) is 0 Å². The number of halogens is 1. The summed E-state index contributed by atoms with van der Waals surface area (Å²) in [6.45, 7) is 0. The Morgan fingerprint density at radius 3 is 2.95 bits per heavy atom. The lowest BCUT2D eigenvalue weighted by molar-refractivity contribution is 0.374. The van der Waals surface area contributed by atoms with Gasteiger partial charge in [0, 0.05) is 28.0 Å². The van der Waals surface area contributed by atoms with E-state index in [1.54, 1.807) is 11.3 Å². The molecule has 0 bridgehead atoms. The Balaban J connectivity index is 2.01. The molecule has 0 aromatic carbocycles. The van der Waals surface area contributed by atoms with Crippen LogP contribution in [0.1, 0.15) is 22.7 Å². The van der Waals surface area contributed by atoms with Crippen molar-refractivity contribution in [2.45, 2.75) is 12.1 Å². The quantitative estimate of drug-likeness (QED) is 0.836. The summed E-state index contributed by atoms with van der Waals surface area (Å²) in [6, 6.07) is 8.42. The third kappa shape index (κ3) is 2.40. The van der Waals surface area contributed by atoms with Crippen LogP contribution in [-0.2, 0) is 0 Å². The lowest BCUT2D eigenvalue weighted by Crippen LogP contribution is -2.24. The maximum Gasteiger partial charge on any atom is 0.169 e. The number of likely N-dealkylation sites (N-methyl/N-ethyl adjacent to an activating group) is 1. The van der Waals surface area contributed by atoms with Crippen molar-refractivity contribution in [3.05, 3.63) is 50.9 Å². The summed E-state index contributed by atoms with van der Waals surface area (Å²) in [5.41, 5.74) is 1.02. The maximum absolute atomic E-state index is 5.38. The molecule has 1 aliphatic rings. The van der Waals surface area contributed by atoms with Gasteiger partial charge in [0.15, 0.2) is 5.11 Å². The molecule has 1 N–H and O–H groups in total. The number of nitrogens with one attached hydrogen (secondary N) is 1. The SMILES string of the molecule is CN1C(=S)N[C@@H](c2ccccn2)[C@@H]1c1cc(Br)cs1. The highest BCUT2D eigenvalue weighted by molar-refractivity contribution is 9.10. The minimum Gasteiger partial charge on any atom is -0.352 e. The van der Waals surface area contributed by atoms with Gasteiger partial charge in [-0.25, -0.2) is 0 Å². The van der Waals surface area contributed by atoms with Gasteiger partial charge in [-0.15, -0.1) is 11.3 Å². The van der Waals surface area contributed by atoms with Gasteiger partial charge in [-0.1, -0.05) is 6.07 Å². The van der Waals surface area contributed by atoms with Crippen molar-refractivity contribution in [1.82, 2.24) is 15.2 Å². The molecule has 0 aliphatic carbocycles. The number of pyridine rings is 1. The predicted molar refractivity (Wildman–Crippen MR) is 85.2 cm³/mol. The van der Waals surface area contributed by atoms with E-state index < -0.39 is 0 Å². The van der Waals surface area contributed by atoms with E-state index in [-0.39, 0.29) is 12.1 Å². The van der Waals surface area contributed by atoms with Crippen molar-refractivity contribution in [2.75, 3.05) is 7.05 Å². The summed E-state index contributed by atoms with van der Waals surface area (Å²) in [5.74, 6) is 0. The zero-order chi connectivity index (χ0) is 13.4. The molecule has 0 amide bonds. The minimum absolute atomic E-state index is 0.101. The van der Waals surface area contributed by atoms with Crippen molar-refractivity contribution < 1.29 is 0 Å². The van der Waals surface area contributed by atoms with Gasteiger partial charge in [0.2, 0.25) is 0 Å². The molecule has 2 aromatic heterocycles. The van der Waals surface area contributed by atoms with E-state index >= 15 is 0 Å². The Morgan fingerprint density at radius 2 is 2.32 bits per heavy atom. The molecule has 3 nitrogen and oxygen atoms in total. The van der Waals surface area contributed by atoms with Gasteiger partial charge in [-0.3, -0.25) is 4.98 Å². The highest BCUT2D eigenvalue weighted by atomic mass is 79.9. The second-order valence-corrected chi connectivity index (χ2v) is 6.65. The number of rotatable bonds is 2. The molecule has 1 saturated heterocycles. The third-order valence-corrected chi connectivity index (χ3v) is 5.39. The Labute approximate surface area is 129 Å². The molecular formula is C13H12BrN3S2. The molecule has 0 saturated carbocycles. The van der Waals surface area contributed by atoms with Crippen LogP contribution < -0.4 is 5.32 Å². The second kappa shape index (κ2) is 5.19. The predicted octanol–water partition coefficient (Wildman–Crippen LogP) is 3.51. The van der Waals surface area contributed by atoms with Crippen molar-refractivity contribution in [3.63, 3.8) is 0 Å². The largest absolute Gasteiger partial charge is 0.352 e. The Hall–Kier alpha value is -0.980. The van der Waals surface area contributed by atoms with Gasteiger partial charge in [-0.05, 0) is 46.3 Å². The first-order valence-corrected chi connectivity index (χ1v) is 7.93. The van der Waals surface area contributed by atoms with Gasteiger partial charge in [-0.2, -0.15) is 0 Å². The topological polar surface area (TPSA) is 28.2 Å². The van der Waals surface area contributed by atoms with Crippen LogP contribution in [0.3, 0.4) is 0 Å². The van der Waals surface area contributed by atoms with E-state index in [0.717, 1.165) is 15.3 Å². The highest BCUT2D eigenvalue weighted by Gasteiger charge is 2.38. The van der Waals surface area contributed by atoms with E-state index in [0.29, 0.717) is 0 Å². The monoisotopic (exact) mass is 353 g/mol. The van der Waals surface area contributed by atoms with Crippen molar-refractivity contribution >= 4 is 44.6 Å².